The number of para-hydroxylation sites is 1. The molecule has 2 N–H and O–H groups in total. The van der Waals surface area contributed by atoms with E-state index >= 15 is 0 Å². The summed E-state index contributed by atoms with van der Waals surface area (Å²) in [4.78, 5) is 11.8. The van der Waals surface area contributed by atoms with Crippen LogP contribution in [0.4, 0.5) is 0 Å². The molecule has 84 valence electrons. The fraction of sp³-hybridized carbons (Fsp3) is 0.417. The summed E-state index contributed by atoms with van der Waals surface area (Å²) < 4.78 is 5.51. The van der Waals surface area contributed by atoms with Gasteiger partial charge in [-0.25, -0.2) is 0 Å². The van der Waals surface area contributed by atoms with Crippen molar-refractivity contribution in [2.75, 3.05) is 19.7 Å². The number of amides is 1. The highest BCUT2D eigenvalue weighted by molar-refractivity contribution is 5.80. The predicted octanol–water partition coefficient (Wildman–Crippen LogP) is 0.456. The second-order valence-electron chi connectivity index (χ2n) is 4.27. The van der Waals surface area contributed by atoms with E-state index in [9.17, 15) is 4.79 Å². The maximum atomic E-state index is 11.8. The van der Waals surface area contributed by atoms with Crippen molar-refractivity contribution < 1.29 is 9.53 Å². The molecule has 0 aromatic heterocycles. The lowest BCUT2D eigenvalue weighted by molar-refractivity contribution is -0.127. The third-order valence-electron chi connectivity index (χ3n) is 3.17. The molecule has 1 atom stereocenters. The summed E-state index contributed by atoms with van der Waals surface area (Å²) in [5.74, 6) is 1.15. The average Bonchev–Trinajstić information content (AvgIpc) is 2.59. The van der Waals surface area contributed by atoms with E-state index in [4.69, 9.17) is 4.74 Å². The van der Waals surface area contributed by atoms with Crippen LogP contribution in [0, 0.1) is 5.92 Å². The number of ether oxygens (including phenoxy) is 1. The van der Waals surface area contributed by atoms with Crippen molar-refractivity contribution in [3.8, 4) is 5.75 Å². The molecule has 0 spiro atoms. The lowest BCUT2D eigenvalue weighted by Gasteiger charge is -2.27. The summed E-state index contributed by atoms with van der Waals surface area (Å²) in [7, 11) is 0. The van der Waals surface area contributed by atoms with Crippen LogP contribution in [0.5, 0.6) is 5.75 Å². The largest absolute Gasteiger partial charge is 0.491 e. The van der Waals surface area contributed by atoms with Crippen LogP contribution < -0.4 is 15.4 Å². The topological polar surface area (TPSA) is 50.4 Å². The molecule has 0 radical (unpaired) electrons. The highest BCUT2D eigenvalue weighted by Crippen LogP contribution is 2.31. The van der Waals surface area contributed by atoms with E-state index in [0.29, 0.717) is 6.61 Å². The normalized spacial score (nSPS) is 23.1. The van der Waals surface area contributed by atoms with E-state index in [2.05, 4.69) is 10.6 Å². The van der Waals surface area contributed by atoms with Gasteiger partial charge in [0.05, 0.1) is 12.0 Å². The standard InChI is InChI=1S/C12H14N2O2/c15-12(8-5-13-6-8)14-10-7-16-11-4-2-1-3-9(10)11/h1-4,8,10,13H,5-7H2,(H,14,15). The zero-order valence-corrected chi connectivity index (χ0v) is 8.90. The average molecular weight is 218 g/mol. The maximum absolute atomic E-state index is 11.8. The van der Waals surface area contributed by atoms with Gasteiger partial charge in [-0.05, 0) is 6.07 Å². The molecule has 1 aromatic rings. The summed E-state index contributed by atoms with van der Waals surface area (Å²) in [5.41, 5.74) is 1.09. The number of nitrogens with one attached hydrogen (secondary N) is 2. The van der Waals surface area contributed by atoms with Gasteiger partial charge in [0, 0.05) is 18.7 Å². The second-order valence-corrected chi connectivity index (χ2v) is 4.27. The molecule has 3 rings (SSSR count). The molecule has 2 heterocycles. The molecule has 16 heavy (non-hydrogen) atoms. The molecule has 4 heteroatoms. The van der Waals surface area contributed by atoms with E-state index in [0.717, 1.165) is 24.4 Å². The molecule has 1 aromatic carbocycles. The number of carbonyl (C=O) groups is 1. The zero-order chi connectivity index (χ0) is 11.0. The quantitative estimate of drug-likeness (QED) is 0.758. The van der Waals surface area contributed by atoms with E-state index < -0.39 is 0 Å². The smallest absolute Gasteiger partial charge is 0.226 e. The number of benzene rings is 1. The Morgan fingerprint density at radius 1 is 1.38 bits per heavy atom. The predicted molar refractivity (Wildman–Crippen MR) is 59.2 cm³/mol. The third-order valence-corrected chi connectivity index (χ3v) is 3.17. The Hall–Kier alpha value is -1.55. The molecular formula is C12H14N2O2. The molecule has 4 nitrogen and oxygen atoms in total. The first-order chi connectivity index (χ1) is 7.84. The fourth-order valence-corrected chi connectivity index (χ4v) is 2.05. The van der Waals surface area contributed by atoms with Crippen molar-refractivity contribution >= 4 is 5.91 Å². The van der Waals surface area contributed by atoms with Crippen molar-refractivity contribution in [2.24, 2.45) is 5.92 Å². The van der Waals surface area contributed by atoms with Crippen LogP contribution in [-0.2, 0) is 4.79 Å². The molecule has 0 saturated carbocycles. The molecule has 0 aliphatic carbocycles. The Morgan fingerprint density at radius 2 is 2.19 bits per heavy atom. The lowest BCUT2D eigenvalue weighted by atomic mass is 10.0. The minimum atomic E-state index is 0.0179. The molecular weight excluding hydrogens is 204 g/mol. The lowest BCUT2D eigenvalue weighted by Crippen LogP contribution is -2.51. The highest BCUT2D eigenvalue weighted by atomic mass is 16.5. The van der Waals surface area contributed by atoms with Crippen LogP contribution in [0.1, 0.15) is 11.6 Å². The van der Waals surface area contributed by atoms with Gasteiger partial charge in [0.1, 0.15) is 12.4 Å². The third kappa shape index (κ3) is 1.55. The summed E-state index contributed by atoms with van der Waals surface area (Å²) >= 11 is 0. The van der Waals surface area contributed by atoms with Crippen LogP contribution in [-0.4, -0.2) is 25.6 Å². The van der Waals surface area contributed by atoms with Crippen LogP contribution in [0.15, 0.2) is 24.3 Å². The highest BCUT2D eigenvalue weighted by Gasteiger charge is 2.30. The molecule has 2 aliphatic heterocycles. The first-order valence-electron chi connectivity index (χ1n) is 5.57. The first kappa shape index (κ1) is 9.66. The van der Waals surface area contributed by atoms with Gasteiger partial charge in [0.2, 0.25) is 5.91 Å². The molecule has 1 fully saturated rings. The van der Waals surface area contributed by atoms with Crippen LogP contribution >= 0.6 is 0 Å². The number of hydrogen-bond acceptors (Lipinski definition) is 3. The Labute approximate surface area is 94.0 Å². The molecule has 0 bridgehead atoms. The minimum absolute atomic E-state index is 0.0179. The molecule has 1 unspecified atom stereocenters. The van der Waals surface area contributed by atoms with Crippen LogP contribution in [0.3, 0.4) is 0 Å². The van der Waals surface area contributed by atoms with Gasteiger partial charge in [-0.15, -0.1) is 0 Å². The summed E-state index contributed by atoms with van der Waals surface area (Å²) in [6, 6.07) is 7.87. The van der Waals surface area contributed by atoms with Gasteiger partial charge in [0.25, 0.3) is 0 Å². The van der Waals surface area contributed by atoms with Crippen molar-refractivity contribution in [2.45, 2.75) is 6.04 Å². The van der Waals surface area contributed by atoms with Crippen LogP contribution in [0.2, 0.25) is 0 Å². The van der Waals surface area contributed by atoms with E-state index in [1.54, 1.807) is 0 Å². The number of hydrogen-bond donors (Lipinski definition) is 2. The molecule has 2 aliphatic rings. The van der Waals surface area contributed by atoms with Gasteiger partial charge in [-0.1, -0.05) is 18.2 Å². The Morgan fingerprint density at radius 3 is 2.94 bits per heavy atom. The summed E-state index contributed by atoms with van der Waals surface area (Å²) in [5, 5.41) is 6.13. The van der Waals surface area contributed by atoms with Crippen LogP contribution in [0.25, 0.3) is 0 Å². The molecule has 1 amide bonds. The monoisotopic (exact) mass is 218 g/mol. The number of carbonyl (C=O) groups excluding carboxylic acids is 1. The second kappa shape index (κ2) is 3.79. The Kier molecular flexibility index (Phi) is 2.29. The van der Waals surface area contributed by atoms with Gasteiger partial charge < -0.3 is 15.4 Å². The van der Waals surface area contributed by atoms with Gasteiger partial charge in [-0.3, -0.25) is 4.79 Å². The van der Waals surface area contributed by atoms with E-state index in [1.807, 2.05) is 24.3 Å². The Bertz CT molecular complexity index is 415. The minimum Gasteiger partial charge on any atom is -0.491 e. The van der Waals surface area contributed by atoms with E-state index in [-0.39, 0.29) is 17.9 Å². The van der Waals surface area contributed by atoms with Crippen molar-refractivity contribution in [3.05, 3.63) is 29.8 Å². The van der Waals surface area contributed by atoms with Crippen molar-refractivity contribution in [3.63, 3.8) is 0 Å². The first-order valence-corrected chi connectivity index (χ1v) is 5.57. The maximum Gasteiger partial charge on any atom is 0.226 e. The number of rotatable bonds is 2. The van der Waals surface area contributed by atoms with Gasteiger partial charge >= 0.3 is 0 Å². The van der Waals surface area contributed by atoms with Gasteiger partial charge in [0.15, 0.2) is 0 Å². The number of fused-ring (bicyclic) bond motifs is 1. The molecule has 1 saturated heterocycles. The van der Waals surface area contributed by atoms with Gasteiger partial charge in [-0.2, -0.15) is 0 Å². The summed E-state index contributed by atoms with van der Waals surface area (Å²) in [6.45, 7) is 2.13. The zero-order valence-electron chi connectivity index (χ0n) is 8.90. The fourth-order valence-electron chi connectivity index (χ4n) is 2.05. The van der Waals surface area contributed by atoms with E-state index in [1.165, 1.54) is 0 Å². The summed E-state index contributed by atoms with van der Waals surface area (Å²) in [6.07, 6.45) is 0. The van der Waals surface area contributed by atoms with Crippen molar-refractivity contribution in [1.29, 1.82) is 0 Å². The Balaban J connectivity index is 1.70. The SMILES string of the molecule is O=C(NC1COc2ccccc21)C1CNC1. The van der Waals surface area contributed by atoms with Crippen molar-refractivity contribution in [1.82, 2.24) is 10.6 Å².